The molecule has 178 valence electrons. The molecule has 5 nitrogen and oxygen atoms in total. The van der Waals surface area contributed by atoms with Crippen LogP contribution < -0.4 is 21.5 Å². The molecule has 8 heteroatoms. The quantitative estimate of drug-likeness (QED) is 0.294. The van der Waals surface area contributed by atoms with E-state index < -0.39 is 29.8 Å². The summed E-state index contributed by atoms with van der Waals surface area (Å²) in [4.78, 5) is 13.0. The van der Waals surface area contributed by atoms with Crippen molar-refractivity contribution in [1.82, 2.24) is 4.57 Å². The fourth-order valence-corrected chi connectivity index (χ4v) is 4.41. The molecule has 1 N–H and O–H groups in total. The Morgan fingerprint density at radius 1 is 1.31 bits per heavy atom. The van der Waals surface area contributed by atoms with Gasteiger partial charge in [0.2, 0.25) is 5.92 Å². The molecule has 3 rings (SSSR count). The highest BCUT2D eigenvalue weighted by atomic mass is 79.9. The van der Waals surface area contributed by atoms with E-state index in [9.17, 15) is 18.7 Å². The predicted molar refractivity (Wildman–Crippen MR) is 112 cm³/mol. The number of carbonyl (C=O) groups is 1. The molecule has 1 aromatic carbocycles. The molecule has 0 bridgehead atoms. The Hall–Kier alpha value is -1.80. The molecule has 0 aliphatic heterocycles. The van der Waals surface area contributed by atoms with Crippen LogP contribution in [-0.2, 0) is 28.2 Å². The molecule has 1 heterocycles. The monoisotopic (exact) mass is 514 g/mol. The number of aliphatic hydroxyl groups is 1. The van der Waals surface area contributed by atoms with Crippen LogP contribution in [0.5, 0.6) is 0 Å². The summed E-state index contributed by atoms with van der Waals surface area (Å²) in [6.07, 6.45) is 6.60. The number of rotatable bonds is 10. The first kappa shape index (κ1) is 26.5. The zero-order chi connectivity index (χ0) is 22.5. The van der Waals surface area contributed by atoms with Gasteiger partial charge < -0.3 is 26.8 Å². The Labute approximate surface area is 199 Å². The molecule has 0 amide bonds. The molecule has 1 aromatic heterocycles. The fourth-order valence-electron chi connectivity index (χ4n) is 4.41. The lowest BCUT2D eigenvalue weighted by Crippen LogP contribution is -3.00. The van der Waals surface area contributed by atoms with Crippen LogP contribution in [0.2, 0.25) is 0 Å². The number of hydrogen-bond acceptors (Lipinski definition) is 3. The Morgan fingerprint density at radius 3 is 2.66 bits per heavy atom. The second-order valence-corrected chi connectivity index (χ2v) is 8.50. The summed E-state index contributed by atoms with van der Waals surface area (Å²) in [6, 6.07) is 8.30. The molecule has 1 aliphatic carbocycles. The molecule has 0 radical (unpaired) electrons. The summed E-state index contributed by atoms with van der Waals surface area (Å²) in [5.41, 5.74) is -1.78. The van der Waals surface area contributed by atoms with Crippen molar-refractivity contribution in [2.24, 2.45) is 5.92 Å². The number of nitrogens with zero attached hydrogens (tertiary/aromatic N) is 2. The van der Waals surface area contributed by atoms with Crippen LogP contribution in [0.1, 0.15) is 56.8 Å². The van der Waals surface area contributed by atoms with Crippen molar-refractivity contribution in [3.05, 3.63) is 54.1 Å². The molecular weight excluding hydrogens is 482 g/mol. The van der Waals surface area contributed by atoms with Gasteiger partial charge in [0.15, 0.2) is 5.60 Å². The smallest absolute Gasteiger partial charge is 0.343 e. The van der Waals surface area contributed by atoms with Crippen molar-refractivity contribution >= 4 is 5.97 Å². The average molecular weight is 515 g/mol. The van der Waals surface area contributed by atoms with Gasteiger partial charge in [-0.25, -0.2) is 22.7 Å². The van der Waals surface area contributed by atoms with Gasteiger partial charge in [0.25, 0.3) is 5.82 Å². The van der Waals surface area contributed by atoms with E-state index in [0.29, 0.717) is 12.1 Å². The number of aromatic nitrogens is 2. The lowest BCUT2D eigenvalue weighted by molar-refractivity contribution is -0.702. The minimum absolute atomic E-state index is 0. The molecule has 1 saturated carbocycles. The summed E-state index contributed by atoms with van der Waals surface area (Å²) in [6.45, 7) is 5.61. The Morgan fingerprint density at radius 2 is 2.03 bits per heavy atom. The maximum atomic E-state index is 13.9. The van der Waals surface area contributed by atoms with Crippen molar-refractivity contribution in [2.75, 3.05) is 6.61 Å². The van der Waals surface area contributed by atoms with Crippen LogP contribution in [0.3, 0.4) is 0 Å². The lowest BCUT2D eigenvalue weighted by atomic mass is 9.80. The van der Waals surface area contributed by atoms with Crippen molar-refractivity contribution in [1.29, 1.82) is 0 Å². The largest absolute Gasteiger partial charge is 1.00 e. The molecule has 1 aliphatic rings. The number of aryl methyl sites for hydroxylation is 1. The van der Waals surface area contributed by atoms with Gasteiger partial charge in [-0.15, -0.1) is 0 Å². The number of hydrogen-bond donors (Lipinski definition) is 1. The lowest BCUT2D eigenvalue weighted by Gasteiger charge is -2.32. The number of esters is 1. The van der Waals surface area contributed by atoms with Gasteiger partial charge in [0.05, 0.1) is 6.54 Å². The number of benzene rings is 1. The van der Waals surface area contributed by atoms with Gasteiger partial charge in [-0.3, -0.25) is 0 Å². The highest BCUT2D eigenvalue weighted by Crippen LogP contribution is 2.47. The van der Waals surface area contributed by atoms with Crippen LogP contribution in [0.15, 0.2) is 42.7 Å². The molecular formula is C24H33BrF2N2O3. The molecule has 0 spiro atoms. The molecule has 2 aromatic rings. The number of unbranched alkanes of at least 4 members (excludes halogenated alkanes) is 2. The van der Waals surface area contributed by atoms with E-state index >= 15 is 0 Å². The normalized spacial score (nSPS) is 19.2. The fraction of sp³-hybridized carbons (Fsp3) is 0.583. The Kier molecular flexibility index (Phi) is 9.40. The van der Waals surface area contributed by atoms with Crippen LogP contribution in [0.25, 0.3) is 0 Å². The average Bonchev–Trinajstić information content (AvgIpc) is 3.30. The number of ether oxygens (including phenoxy) is 1. The van der Waals surface area contributed by atoms with Crippen LogP contribution >= 0.6 is 0 Å². The van der Waals surface area contributed by atoms with E-state index in [-0.39, 0.29) is 36.4 Å². The first-order chi connectivity index (χ1) is 14.8. The second kappa shape index (κ2) is 11.4. The minimum atomic E-state index is -2.87. The SMILES string of the molecule is CCCCC[n+]1ccn(CCOC(=O)[C@](O)(c2ccccc2)[C@H]2CCC(F)(F)C2)c1C.[Br-]. The van der Waals surface area contributed by atoms with E-state index in [1.54, 1.807) is 30.3 Å². The highest BCUT2D eigenvalue weighted by molar-refractivity contribution is 5.81. The minimum Gasteiger partial charge on any atom is -1.00 e. The van der Waals surface area contributed by atoms with E-state index in [2.05, 4.69) is 11.5 Å². The van der Waals surface area contributed by atoms with Crippen molar-refractivity contribution in [3.63, 3.8) is 0 Å². The van der Waals surface area contributed by atoms with E-state index in [1.807, 2.05) is 23.9 Å². The second-order valence-electron chi connectivity index (χ2n) is 8.50. The number of halogens is 3. The summed E-state index contributed by atoms with van der Waals surface area (Å²) >= 11 is 0. The van der Waals surface area contributed by atoms with E-state index in [0.717, 1.165) is 25.2 Å². The summed E-state index contributed by atoms with van der Waals surface area (Å²) in [5, 5.41) is 11.3. The van der Waals surface area contributed by atoms with Gasteiger partial charge in [-0.2, -0.15) is 0 Å². The van der Waals surface area contributed by atoms with Crippen LogP contribution in [0.4, 0.5) is 8.78 Å². The van der Waals surface area contributed by atoms with E-state index in [4.69, 9.17) is 4.74 Å². The predicted octanol–water partition coefficient (Wildman–Crippen LogP) is 1.14. The zero-order valence-corrected chi connectivity index (χ0v) is 20.4. The van der Waals surface area contributed by atoms with Crippen molar-refractivity contribution in [3.8, 4) is 0 Å². The molecule has 2 atom stereocenters. The first-order valence-corrected chi connectivity index (χ1v) is 11.2. The van der Waals surface area contributed by atoms with Gasteiger partial charge in [-0.05, 0) is 24.8 Å². The number of carbonyl (C=O) groups excluding carboxylic acids is 1. The summed E-state index contributed by atoms with van der Waals surface area (Å²) < 4.78 is 37.3. The van der Waals surface area contributed by atoms with Crippen molar-refractivity contribution in [2.45, 2.75) is 77.0 Å². The standard InChI is InChI=1S/C24H33F2N2O3.BrH/c1-3-4-8-13-27-14-15-28(19(27)2)16-17-31-22(29)24(30,20-9-6-5-7-10-20)21-11-12-23(25,26)18-21;/h5-7,9-10,14-15,21,30H,3-4,8,11-13,16-18H2,1-2H3;1H/q+1;/p-1/t21-,24-;/m0./s1. The van der Waals surface area contributed by atoms with Gasteiger partial charge in [0.1, 0.15) is 25.5 Å². The molecule has 1 fully saturated rings. The van der Waals surface area contributed by atoms with Gasteiger partial charge in [-0.1, -0.05) is 43.7 Å². The summed E-state index contributed by atoms with van der Waals surface area (Å²) in [7, 11) is 0. The van der Waals surface area contributed by atoms with Gasteiger partial charge in [0, 0.05) is 25.7 Å². The first-order valence-electron chi connectivity index (χ1n) is 11.2. The Balaban J connectivity index is 0.00000363. The Bertz CT molecular complexity index is 875. The topological polar surface area (TPSA) is 55.3 Å². The van der Waals surface area contributed by atoms with Gasteiger partial charge >= 0.3 is 5.97 Å². The maximum Gasteiger partial charge on any atom is 0.343 e. The number of alkyl halides is 2. The molecule has 0 saturated heterocycles. The maximum absolute atomic E-state index is 13.9. The molecule has 32 heavy (non-hydrogen) atoms. The zero-order valence-electron chi connectivity index (χ0n) is 18.8. The summed E-state index contributed by atoms with van der Waals surface area (Å²) in [5.74, 6) is -3.56. The van der Waals surface area contributed by atoms with E-state index in [1.165, 1.54) is 6.42 Å². The van der Waals surface area contributed by atoms with Crippen LogP contribution in [0, 0.1) is 12.8 Å². The highest BCUT2D eigenvalue weighted by Gasteiger charge is 2.54. The number of imidazole rings is 1. The third-order valence-corrected chi connectivity index (χ3v) is 6.35. The van der Waals surface area contributed by atoms with Crippen molar-refractivity contribution < 1.29 is 45.0 Å². The molecule has 0 unspecified atom stereocenters. The third kappa shape index (κ3) is 5.95. The van der Waals surface area contributed by atoms with Crippen LogP contribution in [-0.4, -0.2) is 28.2 Å². The third-order valence-electron chi connectivity index (χ3n) is 6.35.